The number of aliphatic hydroxyl groups excluding tert-OH is 1. The summed E-state index contributed by atoms with van der Waals surface area (Å²) in [6.07, 6.45) is 0.605. The van der Waals surface area contributed by atoms with Gasteiger partial charge < -0.3 is 15.7 Å². The van der Waals surface area contributed by atoms with E-state index in [0.29, 0.717) is 22.8 Å². The Hall–Kier alpha value is -1.67. The number of carbonyl (C=O) groups excluding carboxylic acids is 1. The smallest absolute Gasteiger partial charge is 0.304 e. The minimum absolute atomic E-state index is 0.0750. The number of rotatable bonds is 4. The summed E-state index contributed by atoms with van der Waals surface area (Å²) < 4.78 is 0. The van der Waals surface area contributed by atoms with Gasteiger partial charge in [0.25, 0.3) is 0 Å². The van der Waals surface area contributed by atoms with E-state index >= 15 is 0 Å². The molecule has 2 rings (SSSR count). The van der Waals surface area contributed by atoms with Crippen molar-refractivity contribution >= 4 is 27.9 Å². The highest BCUT2D eigenvalue weighted by Crippen LogP contribution is 2.42. The molecule has 0 saturated carbocycles. The lowest BCUT2D eigenvalue weighted by Crippen LogP contribution is -2.40. The van der Waals surface area contributed by atoms with Crippen molar-refractivity contribution in [1.82, 2.24) is 0 Å². The van der Waals surface area contributed by atoms with E-state index in [9.17, 15) is 20.0 Å². The molecule has 2 atom stereocenters. The van der Waals surface area contributed by atoms with Crippen LogP contribution < -0.4 is 10.6 Å². The predicted octanol–water partition coefficient (Wildman–Crippen LogP) is 1.16. The Morgan fingerprint density at radius 2 is 2.42 bits per heavy atom. The van der Waals surface area contributed by atoms with Crippen LogP contribution in [0.3, 0.4) is 0 Å². The number of nitrogens with zero attached hydrogens (tertiary/aromatic N) is 2. The van der Waals surface area contributed by atoms with Gasteiger partial charge in [-0.25, -0.2) is 0 Å². The monoisotopic (exact) mass is 285 g/mol. The van der Waals surface area contributed by atoms with Crippen LogP contribution in [0.5, 0.6) is 0 Å². The van der Waals surface area contributed by atoms with Crippen LogP contribution in [0.1, 0.15) is 30.7 Å². The quantitative estimate of drug-likeness (QED) is 0.637. The first-order chi connectivity index (χ1) is 8.91. The fourth-order valence-electron chi connectivity index (χ4n) is 2.24. The largest absolute Gasteiger partial charge is 0.388 e. The molecule has 1 saturated heterocycles. The fraction of sp³-hybridized carbons (Fsp3) is 0.545. The lowest BCUT2D eigenvalue weighted by molar-refractivity contribution is -0.383. The average molecular weight is 285 g/mol. The molecular weight excluding hydrogens is 270 g/mol. The van der Waals surface area contributed by atoms with Crippen LogP contribution in [0, 0.1) is 10.1 Å². The number of hydrogen-bond donors (Lipinski definition) is 2. The Labute approximate surface area is 113 Å². The molecule has 0 bridgehead atoms. The lowest BCUT2D eigenvalue weighted by atomic mass is 10.2. The van der Waals surface area contributed by atoms with Gasteiger partial charge in [-0.15, -0.1) is 11.3 Å². The molecule has 2 heterocycles. The van der Waals surface area contributed by atoms with Gasteiger partial charge in [-0.05, 0) is 19.8 Å². The zero-order chi connectivity index (χ0) is 14.2. The number of anilines is 1. The van der Waals surface area contributed by atoms with Crippen molar-refractivity contribution in [3.63, 3.8) is 0 Å². The standard InChI is InChI=1S/C11H15N3O4S/c1-6(15)9-5-8(14(17)18)11(19-9)13-4-2-3-7(13)10(12)16/h5-7,15H,2-4H2,1H3,(H2,12,16)/t6-,7?/m1/s1. The van der Waals surface area contributed by atoms with Crippen molar-refractivity contribution in [2.24, 2.45) is 5.73 Å². The van der Waals surface area contributed by atoms with Gasteiger partial charge >= 0.3 is 5.69 Å². The molecule has 7 nitrogen and oxygen atoms in total. The van der Waals surface area contributed by atoms with Gasteiger partial charge in [-0.2, -0.15) is 0 Å². The Morgan fingerprint density at radius 3 is 2.95 bits per heavy atom. The van der Waals surface area contributed by atoms with Crippen molar-refractivity contribution in [1.29, 1.82) is 0 Å². The van der Waals surface area contributed by atoms with E-state index in [1.165, 1.54) is 6.07 Å². The maximum Gasteiger partial charge on any atom is 0.304 e. The van der Waals surface area contributed by atoms with Crippen LogP contribution in [0.4, 0.5) is 10.7 Å². The lowest BCUT2D eigenvalue weighted by Gasteiger charge is -2.21. The Morgan fingerprint density at radius 1 is 1.74 bits per heavy atom. The maximum atomic E-state index is 11.4. The number of hydrogen-bond acceptors (Lipinski definition) is 6. The molecule has 0 aliphatic carbocycles. The third-order valence-corrected chi connectivity index (χ3v) is 4.49. The summed E-state index contributed by atoms with van der Waals surface area (Å²) in [5.41, 5.74) is 5.25. The second kappa shape index (κ2) is 5.14. The highest BCUT2D eigenvalue weighted by atomic mass is 32.1. The molecule has 1 aliphatic heterocycles. The first-order valence-electron chi connectivity index (χ1n) is 5.94. The predicted molar refractivity (Wildman–Crippen MR) is 71.2 cm³/mol. The van der Waals surface area contributed by atoms with E-state index in [4.69, 9.17) is 5.73 Å². The van der Waals surface area contributed by atoms with Crippen LogP contribution in [0.25, 0.3) is 0 Å². The summed E-state index contributed by atoms with van der Waals surface area (Å²) in [6, 6.07) is 0.861. The molecule has 1 amide bonds. The second-order valence-electron chi connectivity index (χ2n) is 4.53. The number of carbonyl (C=O) groups is 1. The number of nitrogens with two attached hydrogens (primary N) is 1. The SMILES string of the molecule is C[C@@H](O)c1cc([N+](=O)[O-])c(N2CCCC2C(N)=O)s1. The summed E-state index contributed by atoms with van der Waals surface area (Å²) in [7, 11) is 0. The highest BCUT2D eigenvalue weighted by molar-refractivity contribution is 7.16. The zero-order valence-corrected chi connectivity index (χ0v) is 11.2. The van der Waals surface area contributed by atoms with Gasteiger partial charge in [-0.1, -0.05) is 0 Å². The Kier molecular flexibility index (Phi) is 3.72. The summed E-state index contributed by atoms with van der Waals surface area (Å²) in [4.78, 5) is 24.1. The molecule has 0 aromatic carbocycles. The van der Waals surface area contributed by atoms with Gasteiger partial charge in [-0.3, -0.25) is 14.9 Å². The molecule has 1 aromatic rings. The normalized spacial score (nSPS) is 20.5. The van der Waals surface area contributed by atoms with Gasteiger partial charge in [0.15, 0.2) is 5.00 Å². The number of nitro groups is 1. The minimum atomic E-state index is -0.771. The summed E-state index contributed by atoms with van der Waals surface area (Å²) in [6.45, 7) is 2.11. The van der Waals surface area contributed by atoms with E-state index in [1.54, 1.807) is 11.8 Å². The molecule has 1 fully saturated rings. The van der Waals surface area contributed by atoms with E-state index in [2.05, 4.69) is 0 Å². The molecule has 19 heavy (non-hydrogen) atoms. The van der Waals surface area contributed by atoms with Crippen LogP contribution >= 0.6 is 11.3 Å². The minimum Gasteiger partial charge on any atom is -0.388 e. The molecule has 1 unspecified atom stereocenters. The van der Waals surface area contributed by atoms with Gasteiger partial charge in [0.1, 0.15) is 6.04 Å². The summed E-state index contributed by atoms with van der Waals surface area (Å²) in [5.74, 6) is -0.473. The van der Waals surface area contributed by atoms with E-state index < -0.39 is 23.0 Å². The van der Waals surface area contributed by atoms with Crippen LogP contribution in [0.15, 0.2) is 6.07 Å². The summed E-state index contributed by atoms with van der Waals surface area (Å²) >= 11 is 1.14. The van der Waals surface area contributed by atoms with Crippen LogP contribution in [0.2, 0.25) is 0 Å². The molecule has 3 N–H and O–H groups in total. The number of aliphatic hydroxyl groups is 1. The van der Waals surface area contributed by atoms with Crippen molar-refractivity contribution in [2.45, 2.75) is 31.9 Å². The maximum absolute atomic E-state index is 11.4. The number of primary amides is 1. The Bertz CT molecular complexity index is 514. The van der Waals surface area contributed by atoms with Crippen molar-refractivity contribution < 1.29 is 14.8 Å². The van der Waals surface area contributed by atoms with Crippen molar-refractivity contribution in [3.8, 4) is 0 Å². The van der Waals surface area contributed by atoms with E-state index in [0.717, 1.165) is 17.8 Å². The molecule has 1 aromatic heterocycles. The second-order valence-corrected chi connectivity index (χ2v) is 5.59. The molecule has 8 heteroatoms. The number of amides is 1. The molecule has 0 radical (unpaired) electrons. The zero-order valence-electron chi connectivity index (χ0n) is 10.4. The van der Waals surface area contributed by atoms with Crippen molar-refractivity contribution in [3.05, 3.63) is 21.1 Å². The molecule has 1 aliphatic rings. The highest BCUT2D eigenvalue weighted by Gasteiger charge is 2.35. The molecular formula is C11H15N3O4S. The molecule has 0 spiro atoms. The summed E-state index contributed by atoms with van der Waals surface area (Å²) in [5, 5.41) is 21.0. The average Bonchev–Trinajstić information content (AvgIpc) is 2.95. The Balaban J connectivity index is 2.42. The first kappa shape index (κ1) is 13.8. The molecule has 104 valence electrons. The first-order valence-corrected chi connectivity index (χ1v) is 6.75. The van der Waals surface area contributed by atoms with Gasteiger partial charge in [0.05, 0.1) is 11.0 Å². The van der Waals surface area contributed by atoms with Crippen LogP contribution in [-0.4, -0.2) is 28.5 Å². The number of thiophene rings is 1. The van der Waals surface area contributed by atoms with E-state index in [1.807, 2.05) is 0 Å². The third-order valence-electron chi connectivity index (χ3n) is 3.16. The van der Waals surface area contributed by atoms with Crippen LogP contribution in [-0.2, 0) is 4.79 Å². The fourth-order valence-corrected chi connectivity index (χ4v) is 3.38. The third kappa shape index (κ3) is 2.54. The topological polar surface area (TPSA) is 110 Å². The van der Waals surface area contributed by atoms with Gasteiger partial charge in [0, 0.05) is 17.5 Å². The van der Waals surface area contributed by atoms with E-state index in [-0.39, 0.29) is 5.69 Å². The van der Waals surface area contributed by atoms with Crippen molar-refractivity contribution in [2.75, 3.05) is 11.4 Å². The van der Waals surface area contributed by atoms with Gasteiger partial charge in [0.2, 0.25) is 5.91 Å².